The molecule has 0 aliphatic heterocycles. The normalized spacial score (nSPS) is 13.1. The van der Waals surface area contributed by atoms with Crippen LogP contribution in [0.1, 0.15) is 341 Å². The molecular weight excluding hydrogens is 825 g/mol. The predicted molar refractivity (Wildman–Crippen MR) is 293 cm³/mol. The summed E-state index contributed by atoms with van der Waals surface area (Å²) in [6.07, 6.45) is 70.8. The maximum Gasteiger partial charge on any atom is 0.311 e. The fourth-order valence-corrected chi connectivity index (χ4v) is 10.2. The lowest BCUT2D eigenvalue weighted by atomic mass is 9.91. The molecule has 67 heavy (non-hydrogen) atoms. The number of carbonyl (C=O) groups is 2. The third-order valence-corrected chi connectivity index (χ3v) is 14.9. The van der Waals surface area contributed by atoms with Crippen molar-refractivity contribution >= 4 is 11.9 Å². The summed E-state index contributed by atoms with van der Waals surface area (Å²) >= 11 is 0. The van der Waals surface area contributed by atoms with Gasteiger partial charge in [0.05, 0.1) is 26.2 Å². The number of hydrogen-bond donors (Lipinski definition) is 1. The van der Waals surface area contributed by atoms with Crippen molar-refractivity contribution in [3.8, 4) is 0 Å². The van der Waals surface area contributed by atoms with Crippen LogP contribution in [-0.2, 0) is 19.1 Å². The van der Waals surface area contributed by atoms with Gasteiger partial charge in [0.15, 0.2) is 0 Å². The number of unbranched alkanes of at least 4 members (excludes halogenated alkanes) is 44. The van der Waals surface area contributed by atoms with Crippen LogP contribution in [0.5, 0.6) is 0 Å². The molecule has 0 aliphatic rings. The van der Waals surface area contributed by atoms with Gasteiger partial charge in [-0.3, -0.25) is 9.59 Å². The number of esters is 2. The van der Waals surface area contributed by atoms with Crippen LogP contribution in [0.4, 0.5) is 0 Å². The minimum absolute atomic E-state index is 0.0696. The van der Waals surface area contributed by atoms with Crippen molar-refractivity contribution in [2.45, 2.75) is 347 Å². The zero-order valence-electron chi connectivity index (χ0n) is 46.0. The van der Waals surface area contributed by atoms with Gasteiger partial charge in [-0.15, -0.1) is 0 Å². The highest BCUT2D eigenvalue weighted by atomic mass is 16.5. The predicted octanol–water partition coefficient (Wildman–Crippen LogP) is 20.4. The van der Waals surface area contributed by atoms with Crippen molar-refractivity contribution in [3.63, 3.8) is 0 Å². The van der Waals surface area contributed by atoms with Crippen molar-refractivity contribution in [1.29, 1.82) is 0 Å². The first-order valence-electron chi connectivity index (χ1n) is 30.5. The Labute approximate surface area is 420 Å². The van der Waals surface area contributed by atoms with Gasteiger partial charge >= 0.3 is 11.9 Å². The first-order chi connectivity index (χ1) is 33.0. The molecule has 0 aromatic carbocycles. The van der Waals surface area contributed by atoms with Crippen LogP contribution in [0.15, 0.2) is 12.2 Å². The Morgan fingerprint density at radius 1 is 0.388 bits per heavy atom. The van der Waals surface area contributed by atoms with Gasteiger partial charge in [-0.05, 0) is 44.4 Å². The lowest BCUT2D eigenvalue weighted by Crippen LogP contribution is -2.29. The number of aliphatic hydroxyl groups is 1. The average molecular weight is 946 g/mol. The molecule has 0 radical (unpaired) electrons. The van der Waals surface area contributed by atoms with Crippen LogP contribution < -0.4 is 0 Å². The summed E-state index contributed by atoms with van der Waals surface area (Å²) < 4.78 is 9.80. The molecule has 0 amide bonds. The van der Waals surface area contributed by atoms with Gasteiger partial charge < -0.3 is 14.6 Å². The minimum atomic E-state index is -0.558. The summed E-state index contributed by atoms with van der Waals surface area (Å²) in [7, 11) is 2.94. The Hall–Kier alpha value is -1.36. The molecule has 0 aromatic rings. The lowest BCUT2D eigenvalue weighted by Gasteiger charge is -2.20. The quantitative estimate of drug-likeness (QED) is 0.0374. The van der Waals surface area contributed by atoms with Crippen LogP contribution in [0, 0.1) is 11.8 Å². The van der Waals surface area contributed by atoms with E-state index in [-0.39, 0.29) is 17.9 Å². The van der Waals surface area contributed by atoms with Crippen molar-refractivity contribution in [1.82, 2.24) is 0 Å². The summed E-state index contributed by atoms with van der Waals surface area (Å²) in [5, 5.41) is 10.9. The van der Waals surface area contributed by atoms with E-state index in [1.807, 2.05) is 0 Å². The fourth-order valence-electron chi connectivity index (χ4n) is 10.2. The zero-order chi connectivity index (χ0) is 48.8. The van der Waals surface area contributed by atoms with Crippen LogP contribution in [0.25, 0.3) is 0 Å². The summed E-state index contributed by atoms with van der Waals surface area (Å²) in [6, 6.07) is 0. The van der Waals surface area contributed by atoms with Gasteiger partial charge in [0, 0.05) is 6.42 Å². The molecule has 0 heterocycles. The SMILES string of the molecule is CCCCCCCCCCCCCCCCCCCCC(C(=O)OC)C(O)CCCCCCCCCCCCCCCCCCCC(C)C=CCCCCCCCCCCCCCC(=O)OC. The molecule has 5 nitrogen and oxygen atoms in total. The molecule has 0 aromatic heterocycles. The van der Waals surface area contributed by atoms with Crippen molar-refractivity contribution < 1.29 is 24.2 Å². The van der Waals surface area contributed by atoms with Gasteiger partial charge in [-0.2, -0.15) is 0 Å². The molecule has 0 spiro atoms. The number of carbonyl (C=O) groups excluding carboxylic acids is 2. The Kier molecular flexibility index (Phi) is 54.4. The molecule has 3 unspecified atom stereocenters. The molecule has 398 valence electrons. The van der Waals surface area contributed by atoms with Crippen LogP contribution >= 0.6 is 0 Å². The van der Waals surface area contributed by atoms with E-state index in [9.17, 15) is 14.7 Å². The van der Waals surface area contributed by atoms with Gasteiger partial charge in [-0.25, -0.2) is 0 Å². The van der Waals surface area contributed by atoms with Crippen LogP contribution in [0.3, 0.4) is 0 Å². The second-order valence-electron chi connectivity index (χ2n) is 21.5. The molecule has 3 atom stereocenters. The van der Waals surface area contributed by atoms with E-state index in [1.165, 1.54) is 284 Å². The van der Waals surface area contributed by atoms with Gasteiger partial charge in [-0.1, -0.05) is 309 Å². The number of ether oxygens (including phenoxy) is 2. The zero-order valence-corrected chi connectivity index (χ0v) is 46.0. The van der Waals surface area contributed by atoms with E-state index in [1.54, 1.807) is 0 Å². The highest BCUT2D eigenvalue weighted by molar-refractivity contribution is 5.72. The van der Waals surface area contributed by atoms with Gasteiger partial charge in [0.2, 0.25) is 0 Å². The number of aliphatic hydroxyl groups excluding tert-OH is 1. The maximum absolute atomic E-state index is 12.5. The van der Waals surface area contributed by atoms with Crippen LogP contribution in [-0.4, -0.2) is 37.4 Å². The molecule has 5 heteroatoms. The van der Waals surface area contributed by atoms with Crippen LogP contribution in [0.2, 0.25) is 0 Å². The molecule has 0 fully saturated rings. The molecule has 1 N–H and O–H groups in total. The number of methoxy groups -OCH3 is 2. The Bertz CT molecular complexity index is 1010. The minimum Gasteiger partial charge on any atom is -0.469 e. The molecule has 0 saturated carbocycles. The molecule has 0 aliphatic carbocycles. The number of allylic oxidation sites excluding steroid dienone is 2. The Morgan fingerprint density at radius 2 is 0.687 bits per heavy atom. The highest BCUT2D eigenvalue weighted by Crippen LogP contribution is 2.23. The fraction of sp³-hybridized carbons (Fsp3) is 0.935. The number of rotatable bonds is 56. The third-order valence-electron chi connectivity index (χ3n) is 14.9. The first-order valence-corrected chi connectivity index (χ1v) is 30.5. The van der Waals surface area contributed by atoms with Crippen molar-refractivity contribution in [2.24, 2.45) is 11.8 Å². The maximum atomic E-state index is 12.5. The van der Waals surface area contributed by atoms with Gasteiger partial charge in [0.1, 0.15) is 0 Å². The molecule has 0 rings (SSSR count). The van der Waals surface area contributed by atoms with E-state index >= 15 is 0 Å². The Morgan fingerprint density at radius 3 is 1.03 bits per heavy atom. The molecule has 0 bridgehead atoms. The van der Waals surface area contributed by atoms with E-state index in [0.29, 0.717) is 6.42 Å². The Balaban J connectivity index is 3.50. The standard InChI is InChI=1S/C62H120O5/c1-5-6-7-8-9-10-11-12-13-14-17-20-25-30-35-40-45-50-55-59(62(65)67-4)60(63)56-51-46-41-36-31-26-21-18-15-16-19-23-28-33-38-43-48-53-58(2)54-49-44-39-34-29-24-22-27-32-37-42-47-52-57-61(64)66-3/h49,54,58-60,63H,5-48,50-53,55-57H2,1-4H3. The second-order valence-corrected chi connectivity index (χ2v) is 21.5. The van der Waals surface area contributed by atoms with Gasteiger partial charge in [0.25, 0.3) is 0 Å². The summed E-state index contributed by atoms with van der Waals surface area (Å²) in [6.45, 7) is 4.69. The number of hydrogen-bond acceptors (Lipinski definition) is 5. The summed E-state index contributed by atoms with van der Waals surface area (Å²) in [5.74, 6) is 0.0938. The van der Waals surface area contributed by atoms with Crippen molar-refractivity contribution in [3.05, 3.63) is 12.2 Å². The highest BCUT2D eigenvalue weighted by Gasteiger charge is 2.26. The summed E-state index contributed by atoms with van der Waals surface area (Å²) in [4.78, 5) is 23.6. The first kappa shape index (κ1) is 65.6. The average Bonchev–Trinajstić information content (AvgIpc) is 3.33. The summed E-state index contributed by atoms with van der Waals surface area (Å²) in [5.41, 5.74) is 0. The monoisotopic (exact) mass is 945 g/mol. The largest absolute Gasteiger partial charge is 0.469 e. The second kappa shape index (κ2) is 55.6. The lowest BCUT2D eigenvalue weighted by molar-refractivity contribution is -0.150. The molecule has 0 saturated heterocycles. The van der Waals surface area contributed by atoms with E-state index in [2.05, 4.69) is 26.0 Å². The van der Waals surface area contributed by atoms with E-state index < -0.39 is 6.10 Å². The van der Waals surface area contributed by atoms with Crippen molar-refractivity contribution in [2.75, 3.05) is 14.2 Å². The van der Waals surface area contributed by atoms with E-state index in [4.69, 9.17) is 9.47 Å². The third kappa shape index (κ3) is 50.8. The molecular formula is C62H120O5. The van der Waals surface area contributed by atoms with E-state index in [0.717, 1.165) is 57.3 Å². The topological polar surface area (TPSA) is 72.8 Å². The smallest absolute Gasteiger partial charge is 0.311 e.